The van der Waals surface area contributed by atoms with E-state index < -0.39 is 0 Å². The summed E-state index contributed by atoms with van der Waals surface area (Å²) in [7, 11) is 0. The summed E-state index contributed by atoms with van der Waals surface area (Å²) in [6, 6.07) is 11.4. The van der Waals surface area contributed by atoms with Crippen molar-refractivity contribution in [3.05, 3.63) is 55.8 Å². The van der Waals surface area contributed by atoms with Gasteiger partial charge in [-0.25, -0.2) is 0 Å². The number of halogens is 1. The maximum Gasteiger partial charge on any atom is 0.257 e. The lowest BCUT2D eigenvalue weighted by Gasteiger charge is -2.08. The predicted molar refractivity (Wildman–Crippen MR) is 90.4 cm³/mol. The summed E-state index contributed by atoms with van der Waals surface area (Å²) in [4.78, 5) is 13.1. The predicted octanol–water partition coefficient (Wildman–Crippen LogP) is 3.16. The SMILES string of the molecule is O=C(NC(=S)NCc1cccs1)c1cccc(I)c1. The Bertz CT molecular complexity index is 584. The van der Waals surface area contributed by atoms with Gasteiger partial charge >= 0.3 is 0 Å². The number of amides is 1. The molecule has 0 radical (unpaired) electrons. The summed E-state index contributed by atoms with van der Waals surface area (Å²) in [6.07, 6.45) is 0. The van der Waals surface area contributed by atoms with E-state index in [9.17, 15) is 4.79 Å². The van der Waals surface area contributed by atoms with Crippen LogP contribution in [0.4, 0.5) is 0 Å². The quantitative estimate of drug-likeness (QED) is 0.612. The van der Waals surface area contributed by atoms with Crippen LogP contribution >= 0.6 is 46.1 Å². The van der Waals surface area contributed by atoms with Crippen LogP contribution in [0.25, 0.3) is 0 Å². The molecule has 98 valence electrons. The number of thiocarbonyl (C=S) groups is 1. The fraction of sp³-hybridized carbons (Fsp3) is 0.0769. The van der Waals surface area contributed by atoms with E-state index in [0.717, 1.165) is 3.57 Å². The standard InChI is InChI=1S/C13H11IN2OS2/c14-10-4-1-3-9(7-10)12(17)16-13(18)15-8-11-5-2-6-19-11/h1-7H,8H2,(H2,15,16,17,18). The Morgan fingerprint density at radius 1 is 1.32 bits per heavy atom. The van der Waals surface area contributed by atoms with E-state index in [-0.39, 0.29) is 5.91 Å². The fourth-order valence-electron chi connectivity index (χ4n) is 1.43. The Morgan fingerprint density at radius 3 is 2.84 bits per heavy atom. The van der Waals surface area contributed by atoms with Crippen molar-refractivity contribution >= 4 is 57.2 Å². The monoisotopic (exact) mass is 402 g/mol. The fourth-order valence-corrected chi connectivity index (χ4v) is 2.78. The molecule has 0 bridgehead atoms. The molecule has 0 aliphatic carbocycles. The van der Waals surface area contributed by atoms with Crippen molar-refractivity contribution < 1.29 is 4.79 Å². The number of thiophene rings is 1. The number of nitrogens with one attached hydrogen (secondary N) is 2. The molecule has 1 amide bonds. The number of carbonyl (C=O) groups is 1. The molecule has 1 aromatic heterocycles. The minimum Gasteiger partial charge on any atom is -0.357 e. The molecule has 6 heteroatoms. The van der Waals surface area contributed by atoms with Gasteiger partial charge in [-0.3, -0.25) is 10.1 Å². The molecule has 0 fully saturated rings. The molecule has 19 heavy (non-hydrogen) atoms. The molecule has 0 aliphatic rings. The average Bonchev–Trinajstić information content (AvgIpc) is 2.89. The second-order valence-corrected chi connectivity index (χ2v) is 6.41. The lowest BCUT2D eigenvalue weighted by molar-refractivity contribution is 0.0976. The third-order valence-electron chi connectivity index (χ3n) is 2.32. The van der Waals surface area contributed by atoms with Crippen molar-refractivity contribution in [2.45, 2.75) is 6.54 Å². The minimum absolute atomic E-state index is 0.192. The summed E-state index contributed by atoms with van der Waals surface area (Å²) < 4.78 is 1.02. The zero-order chi connectivity index (χ0) is 13.7. The second-order valence-electron chi connectivity index (χ2n) is 3.73. The number of carbonyl (C=O) groups excluding carboxylic acids is 1. The molecule has 3 nitrogen and oxygen atoms in total. The molecular weight excluding hydrogens is 391 g/mol. The lowest BCUT2D eigenvalue weighted by Crippen LogP contribution is -2.38. The zero-order valence-corrected chi connectivity index (χ0v) is 13.6. The third-order valence-corrected chi connectivity index (χ3v) is 4.11. The van der Waals surface area contributed by atoms with Crippen molar-refractivity contribution in [2.75, 3.05) is 0 Å². The largest absolute Gasteiger partial charge is 0.357 e. The van der Waals surface area contributed by atoms with Gasteiger partial charge in [0.05, 0.1) is 6.54 Å². The van der Waals surface area contributed by atoms with E-state index in [1.165, 1.54) is 4.88 Å². The van der Waals surface area contributed by atoms with Gasteiger partial charge in [0, 0.05) is 14.0 Å². The Balaban J connectivity index is 1.86. The van der Waals surface area contributed by atoms with Gasteiger partial charge in [0.15, 0.2) is 5.11 Å². The van der Waals surface area contributed by atoms with Crippen LogP contribution in [0.3, 0.4) is 0 Å². The molecule has 0 saturated heterocycles. The van der Waals surface area contributed by atoms with E-state index in [2.05, 4.69) is 33.2 Å². The number of hydrogen-bond donors (Lipinski definition) is 2. The van der Waals surface area contributed by atoms with Crippen molar-refractivity contribution in [1.29, 1.82) is 0 Å². The van der Waals surface area contributed by atoms with E-state index >= 15 is 0 Å². The highest BCUT2D eigenvalue weighted by Gasteiger charge is 2.07. The molecule has 2 rings (SSSR count). The van der Waals surface area contributed by atoms with Crippen LogP contribution in [0, 0.1) is 3.57 Å². The second kappa shape index (κ2) is 6.97. The maximum absolute atomic E-state index is 11.9. The van der Waals surface area contributed by atoms with Crippen molar-refractivity contribution in [2.24, 2.45) is 0 Å². The van der Waals surface area contributed by atoms with Crippen LogP contribution < -0.4 is 10.6 Å². The van der Waals surface area contributed by atoms with Gasteiger partial charge in [0.2, 0.25) is 0 Å². The Morgan fingerprint density at radius 2 is 2.16 bits per heavy atom. The number of hydrogen-bond acceptors (Lipinski definition) is 3. The van der Waals surface area contributed by atoms with Gasteiger partial charge in [-0.05, 0) is 64.5 Å². The van der Waals surface area contributed by atoms with Crippen molar-refractivity contribution in [1.82, 2.24) is 10.6 Å². The van der Waals surface area contributed by atoms with Crippen LogP contribution in [0.5, 0.6) is 0 Å². The van der Waals surface area contributed by atoms with Crippen molar-refractivity contribution in [3.63, 3.8) is 0 Å². The average molecular weight is 402 g/mol. The summed E-state index contributed by atoms with van der Waals surface area (Å²) in [5, 5.41) is 8.03. The molecule has 0 atom stereocenters. The first-order valence-electron chi connectivity index (χ1n) is 5.52. The summed E-state index contributed by atoms with van der Waals surface area (Å²) in [6.45, 7) is 0.628. The molecule has 0 unspecified atom stereocenters. The van der Waals surface area contributed by atoms with Crippen LogP contribution in [-0.2, 0) is 6.54 Å². The number of benzene rings is 1. The van der Waals surface area contributed by atoms with E-state index in [0.29, 0.717) is 17.2 Å². The third kappa shape index (κ3) is 4.55. The lowest BCUT2D eigenvalue weighted by atomic mass is 10.2. The van der Waals surface area contributed by atoms with Gasteiger partial charge in [-0.15, -0.1) is 11.3 Å². The maximum atomic E-state index is 11.9. The van der Waals surface area contributed by atoms with Crippen molar-refractivity contribution in [3.8, 4) is 0 Å². The first-order valence-corrected chi connectivity index (χ1v) is 7.89. The van der Waals surface area contributed by atoms with E-state index in [1.807, 2.05) is 35.7 Å². The Labute approximate surface area is 134 Å². The molecule has 2 N–H and O–H groups in total. The van der Waals surface area contributed by atoms with Gasteiger partial charge in [0.1, 0.15) is 0 Å². The molecular formula is C13H11IN2OS2. The highest BCUT2D eigenvalue weighted by molar-refractivity contribution is 14.1. The Kier molecular flexibility index (Phi) is 5.29. The summed E-state index contributed by atoms with van der Waals surface area (Å²) >= 11 is 8.91. The van der Waals surface area contributed by atoms with Gasteiger partial charge in [-0.1, -0.05) is 12.1 Å². The normalized spacial score (nSPS) is 9.95. The zero-order valence-electron chi connectivity index (χ0n) is 9.85. The van der Waals surface area contributed by atoms with Crippen LogP contribution in [0.2, 0.25) is 0 Å². The topological polar surface area (TPSA) is 41.1 Å². The van der Waals surface area contributed by atoms with Gasteiger partial charge < -0.3 is 5.32 Å². The molecule has 2 aromatic rings. The van der Waals surface area contributed by atoms with E-state index in [1.54, 1.807) is 17.4 Å². The van der Waals surface area contributed by atoms with Crippen LogP contribution in [-0.4, -0.2) is 11.0 Å². The molecule has 1 aromatic carbocycles. The smallest absolute Gasteiger partial charge is 0.257 e. The molecule has 1 heterocycles. The highest BCUT2D eigenvalue weighted by atomic mass is 127. The Hall–Kier alpha value is -0.990. The van der Waals surface area contributed by atoms with Gasteiger partial charge in [-0.2, -0.15) is 0 Å². The minimum atomic E-state index is -0.192. The molecule has 0 spiro atoms. The molecule has 0 saturated carbocycles. The highest BCUT2D eigenvalue weighted by Crippen LogP contribution is 2.08. The summed E-state index contributed by atoms with van der Waals surface area (Å²) in [5.74, 6) is -0.192. The van der Waals surface area contributed by atoms with Gasteiger partial charge in [0.25, 0.3) is 5.91 Å². The summed E-state index contributed by atoms with van der Waals surface area (Å²) in [5.41, 5.74) is 0.604. The van der Waals surface area contributed by atoms with E-state index in [4.69, 9.17) is 12.2 Å². The molecule has 0 aliphatic heterocycles. The van der Waals surface area contributed by atoms with Crippen LogP contribution in [0.15, 0.2) is 41.8 Å². The first-order chi connectivity index (χ1) is 9.15. The number of rotatable bonds is 3. The van der Waals surface area contributed by atoms with Crippen LogP contribution in [0.1, 0.15) is 15.2 Å². The first kappa shape index (κ1) is 14.4.